The van der Waals surface area contributed by atoms with Crippen LogP contribution in [0.1, 0.15) is 12.8 Å². The molecule has 62 valence electrons. The molecule has 11 heavy (non-hydrogen) atoms. The molecule has 1 saturated heterocycles. The van der Waals surface area contributed by atoms with E-state index in [1.165, 1.54) is 31.8 Å². The van der Waals surface area contributed by atoms with Gasteiger partial charge < -0.3 is 4.90 Å². The highest BCUT2D eigenvalue weighted by Crippen LogP contribution is 2.18. The minimum absolute atomic E-state index is 1.24. The van der Waals surface area contributed by atoms with Gasteiger partial charge in [-0.1, -0.05) is 0 Å². The first kappa shape index (κ1) is 7.31. The van der Waals surface area contributed by atoms with Gasteiger partial charge in [0, 0.05) is 13.1 Å². The van der Waals surface area contributed by atoms with Crippen LogP contribution in [0.25, 0.3) is 0 Å². The molecule has 4 heteroatoms. The van der Waals surface area contributed by atoms with E-state index in [0.29, 0.717) is 0 Å². The van der Waals surface area contributed by atoms with Gasteiger partial charge in [0.2, 0.25) is 0 Å². The van der Waals surface area contributed by atoms with Gasteiger partial charge in [-0.2, -0.15) is 4.83 Å². The summed E-state index contributed by atoms with van der Waals surface area (Å²) in [5.74, 6) is 1.38. The third kappa shape index (κ3) is 1.32. The van der Waals surface area contributed by atoms with Crippen molar-refractivity contribution in [2.45, 2.75) is 12.8 Å². The van der Waals surface area contributed by atoms with E-state index >= 15 is 0 Å². The summed E-state index contributed by atoms with van der Waals surface area (Å²) in [7, 11) is 2.12. The van der Waals surface area contributed by atoms with Crippen LogP contribution in [-0.2, 0) is 0 Å². The second kappa shape index (κ2) is 2.95. The second-order valence-corrected chi connectivity index (χ2v) is 3.74. The third-order valence-electron chi connectivity index (χ3n) is 2.18. The lowest BCUT2D eigenvalue weighted by atomic mass is 10.4. The van der Waals surface area contributed by atoms with E-state index in [1.54, 1.807) is 11.9 Å². The Balaban J connectivity index is 2.02. The van der Waals surface area contributed by atoms with Gasteiger partial charge in [-0.3, -0.25) is 0 Å². The molecule has 0 amide bonds. The lowest BCUT2D eigenvalue weighted by Gasteiger charge is -2.21. The SMILES string of the molecule is CN1[NH2+]SC=C1N1CCCC1. The number of likely N-dealkylation sites (tertiary alicyclic amines) is 1. The molecule has 0 unspecified atom stereocenters. The molecule has 2 heterocycles. The van der Waals surface area contributed by atoms with Crippen molar-refractivity contribution in [2.24, 2.45) is 0 Å². The Morgan fingerprint density at radius 1 is 1.45 bits per heavy atom. The molecule has 0 atom stereocenters. The topological polar surface area (TPSA) is 23.1 Å². The maximum absolute atomic E-state index is 2.45. The highest BCUT2D eigenvalue weighted by atomic mass is 32.2. The fourth-order valence-corrected chi connectivity index (χ4v) is 2.35. The van der Waals surface area contributed by atoms with Gasteiger partial charge in [0.1, 0.15) is 11.9 Å². The predicted molar refractivity (Wildman–Crippen MR) is 46.2 cm³/mol. The zero-order valence-corrected chi connectivity index (χ0v) is 7.60. The van der Waals surface area contributed by atoms with Gasteiger partial charge in [-0.05, 0) is 12.8 Å². The lowest BCUT2D eigenvalue weighted by molar-refractivity contribution is -0.644. The average molecular weight is 172 g/mol. The van der Waals surface area contributed by atoms with Crippen LogP contribution >= 0.6 is 11.9 Å². The first-order chi connectivity index (χ1) is 5.38. The molecule has 0 spiro atoms. The molecule has 0 bridgehead atoms. The molecular formula is C7H14N3S+. The molecule has 0 saturated carbocycles. The summed E-state index contributed by atoms with van der Waals surface area (Å²) in [4.78, 5) is 4.60. The van der Waals surface area contributed by atoms with Crippen molar-refractivity contribution in [2.75, 3.05) is 20.1 Å². The summed E-state index contributed by atoms with van der Waals surface area (Å²) in [5.41, 5.74) is 0. The van der Waals surface area contributed by atoms with Gasteiger partial charge in [0.15, 0.2) is 5.82 Å². The average Bonchev–Trinajstić information content (AvgIpc) is 2.55. The van der Waals surface area contributed by atoms with Crippen LogP contribution in [-0.4, -0.2) is 30.0 Å². The molecular weight excluding hydrogens is 158 g/mol. The van der Waals surface area contributed by atoms with E-state index in [2.05, 4.69) is 27.2 Å². The molecule has 0 aromatic heterocycles. The van der Waals surface area contributed by atoms with E-state index in [9.17, 15) is 0 Å². The van der Waals surface area contributed by atoms with Crippen molar-refractivity contribution >= 4 is 11.9 Å². The van der Waals surface area contributed by atoms with Gasteiger partial charge in [0.25, 0.3) is 0 Å². The van der Waals surface area contributed by atoms with Gasteiger partial charge >= 0.3 is 0 Å². The van der Waals surface area contributed by atoms with Crippen LogP contribution in [0.3, 0.4) is 0 Å². The number of rotatable bonds is 1. The number of hydrogen-bond acceptors (Lipinski definition) is 3. The van der Waals surface area contributed by atoms with Crippen LogP contribution in [0.5, 0.6) is 0 Å². The molecule has 0 aromatic carbocycles. The molecule has 0 aliphatic carbocycles. The quantitative estimate of drug-likeness (QED) is 0.443. The van der Waals surface area contributed by atoms with Crippen molar-refractivity contribution < 1.29 is 4.83 Å². The molecule has 2 aliphatic heterocycles. The predicted octanol–water partition coefficient (Wildman–Crippen LogP) is -0.0469. The van der Waals surface area contributed by atoms with Gasteiger partial charge in [-0.25, -0.2) is 5.01 Å². The lowest BCUT2D eigenvalue weighted by Crippen LogP contribution is -2.83. The Labute approximate surface area is 71.5 Å². The second-order valence-electron chi connectivity index (χ2n) is 3.02. The third-order valence-corrected chi connectivity index (χ3v) is 2.97. The normalized spacial score (nSPS) is 24.6. The maximum Gasteiger partial charge on any atom is 0.166 e. The fraction of sp³-hybridized carbons (Fsp3) is 0.714. The highest BCUT2D eigenvalue weighted by molar-refractivity contribution is 7.95. The summed E-state index contributed by atoms with van der Waals surface area (Å²) in [6.45, 7) is 2.48. The van der Waals surface area contributed by atoms with E-state index < -0.39 is 0 Å². The molecule has 3 nitrogen and oxygen atoms in total. The number of hydrogen-bond donors (Lipinski definition) is 1. The summed E-state index contributed by atoms with van der Waals surface area (Å²) >= 11 is 1.77. The molecule has 0 radical (unpaired) electrons. The zero-order chi connectivity index (χ0) is 7.68. The van der Waals surface area contributed by atoms with E-state index in [-0.39, 0.29) is 0 Å². The van der Waals surface area contributed by atoms with Crippen molar-refractivity contribution in [1.82, 2.24) is 9.91 Å². The van der Waals surface area contributed by atoms with Crippen LogP contribution in [0.2, 0.25) is 0 Å². The van der Waals surface area contributed by atoms with Crippen molar-refractivity contribution in [1.29, 1.82) is 0 Å². The Kier molecular flexibility index (Phi) is 1.96. The molecule has 2 N–H and O–H groups in total. The summed E-state index contributed by atoms with van der Waals surface area (Å²) in [6.07, 6.45) is 2.71. The maximum atomic E-state index is 2.45. The van der Waals surface area contributed by atoms with Crippen molar-refractivity contribution in [3.8, 4) is 0 Å². The van der Waals surface area contributed by atoms with Gasteiger partial charge in [0.05, 0.1) is 12.5 Å². The van der Waals surface area contributed by atoms with E-state index in [1.807, 2.05) is 0 Å². The van der Waals surface area contributed by atoms with Crippen LogP contribution in [0, 0.1) is 0 Å². The Morgan fingerprint density at radius 2 is 2.18 bits per heavy atom. The Hall–Kier alpha value is -0.350. The fourth-order valence-electron chi connectivity index (χ4n) is 1.56. The van der Waals surface area contributed by atoms with E-state index in [4.69, 9.17) is 0 Å². The first-order valence-electron chi connectivity index (χ1n) is 4.05. The van der Waals surface area contributed by atoms with Crippen molar-refractivity contribution in [3.63, 3.8) is 0 Å². The number of nitrogens with zero attached hydrogens (tertiary/aromatic N) is 2. The minimum atomic E-state index is 1.24. The van der Waals surface area contributed by atoms with Gasteiger partial charge in [-0.15, -0.1) is 0 Å². The largest absolute Gasteiger partial charge is 0.354 e. The minimum Gasteiger partial charge on any atom is -0.354 e. The van der Waals surface area contributed by atoms with Crippen LogP contribution in [0.4, 0.5) is 0 Å². The molecule has 2 aliphatic rings. The smallest absolute Gasteiger partial charge is 0.166 e. The van der Waals surface area contributed by atoms with Crippen LogP contribution in [0.15, 0.2) is 11.2 Å². The Bertz CT molecular complexity index is 175. The standard InChI is InChI=1S/C7H13N3S/c1-9-7(6-11-8-9)10-4-2-3-5-10/h6,8H,2-5H2,1H3/p+1. The Morgan fingerprint density at radius 3 is 2.73 bits per heavy atom. The highest BCUT2D eigenvalue weighted by Gasteiger charge is 2.23. The summed E-state index contributed by atoms with van der Waals surface area (Å²) < 4.78 is 0. The number of nitrogens with two attached hydrogens (primary N) is 1. The summed E-state index contributed by atoms with van der Waals surface area (Å²) in [5, 5.41) is 4.43. The monoisotopic (exact) mass is 172 g/mol. The molecule has 1 fully saturated rings. The molecule has 0 aromatic rings. The summed E-state index contributed by atoms with van der Waals surface area (Å²) in [6, 6.07) is 0. The van der Waals surface area contributed by atoms with Crippen LogP contribution < -0.4 is 4.83 Å². The molecule has 2 rings (SSSR count). The van der Waals surface area contributed by atoms with E-state index in [0.717, 1.165) is 0 Å². The first-order valence-corrected chi connectivity index (χ1v) is 4.99. The zero-order valence-electron chi connectivity index (χ0n) is 6.79. The number of quaternary nitrogens is 1. The van der Waals surface area contributed by atoms with Crippen molar-refractivity contribution in [3.05, 3.63) is 11.2 Å².